The zero-order valence-electron chi connectivity index (χ0n) is 12.8. The molecule has 120 valence electrons. The summed E-state index contributed by atoms with van der Waals surface area (Å²) < 4.78 is 5.30. The number of hydrogen-bond acceptors (Lipinski definition) is 4. The van der Waals surface area contributed by atoms with Gasteiger partial charge in [-0.2, -0.15) is 0 Å². The molecule has 3 rings (SSSR count). The fraction of sp³-hybridized carbons (Fsp3) is 0.562. The maximum atomic E-state index is 12.8. The highest BCUT2D eigenvalue weighted by Gasteiger charge is 2.32. The van der Waals surface area contributed by atoms with Gasteiger partial charge in [-0.15, -0.1) is 0 Å². The van der Waals surface area contributed by atoms with Crippen LogP contribution in [0, 0.1) is 11.8 Å². The Bertz CT molecular complexity index is 565. The van der Waals surface area contributed by atoms with Gasteiger partial charge in [-0.05, 0) is 43.8 Å². The van der Waals surface area contributed by atoms with Crippen LogP contribution in [0.2, 0.25) is 5.02 Å². The van der Waals surface area contributed by atoms with E-state index in [9.17, 15) is 4.79 Å². The van der Waals surface area contributed by atoms with E-state index in [1.165, 1.54) is 7.11 Å². The number of nitrogens with two attached hydrogens (primary N) is 1. The van der Waals surface area contributed by atoms with E-state index in [1.54, 1.807) is 12.1 Å². The van der Waals surface area contributed by atoms with E-state index in [-0.39, 0.29) is 5.91 Å². The van der Waals surface area contributed by atoms with Crippen molar-refractivity contribution in [2.45, 2.75) is 12.8 Å². The predicted molar refractivity (Wildman–Crippen MR) is 87.4 cm³/mol. The van der Waals surface area contributed by atoms with Gasteiger partial charge in [0.2, 0.25) is 0 Å². The van der Waals surface area contributed by atoms with Gasteiger partial charge in [0.1, 0.15) is 5.75 Å². The van der Waals surface area contributed by atoms with E-state index in [2.05, 4.69) is 5.32 Å². The molecule has 0 saturated carbocycles. The lowest BCUT2D eigenvalue weighted by Crippen LogP contribution is -2.33. The molecular formula is C16H22ClN3O2. The topological polar surface area (TPSA) is 67.6 Å². The number of hydrogen-bond donors (Lipinski definition) is 2. The van der Waals surface area contributed by atoms with Gasteiger partial charge >= 0.3 is 0 Å². The molecule has 0 aliphatic carbocycles. The maximum Gasteiger partial charge on any atom is 0.257 e. The Balaban J connectivity index is 1.80. The number of halogens is 1. The molecule has 2 saturated heterocycles. The number of nitrogens with zero attached hydrogens (tertiary/aromatic N) is 1. The number of likely N-dealkylation sites (tertiary alicyclic amines) is 1. The molecule has 2 fully saturated rings. The molecule has 1 aromatic rings. The molecule has 0 radical (unpaired) electrons. The second-order valence-corrected chi connectivity index (χ2v) is 6.53. The van der Waals surface area contributed by atoms with Crippen LogP contribution < -0.4 is 15.8 Å². The summed E-state index contributed by atoms with van der Waals surface area (Å²) in [6.45, 7) is 3.72. The third-order valence-corrected chi connectivity index (χ3v) is 5.18. The molecule has 5 nitrogen and oxygen atoms in total. The van der Waals surface area contributed by atoms with Gasteiger partial charge in [-0.3, -0.25) is 4.79 Å². The zero-order valence-corrected chi connectivity index (χ0v) is 13.5. The van der Waals surface area contributed by atoms with Crippen molar-refractivity contribution in [3.8, 4) is 5.75 Å². The third kappa shape index (κ3) is 2.88. The van der Waals surface area contributed by atoms with Crippen molar-refractivity contribution in [1.29, 1.82) is 0 Å². The minimum atomic E-state index is -0.0216. The Morgan fingerprint density at radius 2 is 1.95 bits per heavy atom. The van der Waals surface area contributed by atoms with Crippen LogP contribution in [0.4, 0.5) is 5.69 Å². The van der Waals surface area contributed by atoms with Crippen LogP contribution in [0.1, 0.15) is 23.2 Å². The molecule has 3 N–H and O–H groups in total. The molecular weight excluding hydrogens is 302 g/mol. The van der Waals surface area contributed by atoms with Crippen LogP contribution in [0.15, 0.2) is 12.1 Å². The Kier molecular flexibility index (Phi) is 4.45. The minimum absolute atomic E-state index is 0.0216. The van der Waals surface area contributed by atoms with Gasteiger partial charge in [0.15, 0.2) is 0 Å². The summed E-state index contributed by atoms with van der Waals surface area (Å²) in [7, 11) is 1.54. The fourth-order valence-corrected chi connectivity index (χ4v) is 3.66. The number of amides is 1. The molecule has 0 bridgehead atoms. The second kappa shape index (κ2) is 6.34. The highest BCUT2D eigenvalue weighted by atomic mass is 35.5. The number of nitrogens with one attached hydrogen (secondary N) is 1. The normalized spacial score (nSPS) is 24.7. The lowest BCUT2D eigenvalue weighted by atomic mass is 9.92. The van der Waals surface area contributed by atoms with Crippen LogP contribution in [-0.2, 0) is 0 Å². The third-order valence-electron chi connectivity index (χ3n) is 4.86. The number of nitrogen functional groups attached to an aromatic ring is 1. The average Bonchev–Trinajstić information content (AvgIpc) is 2.87. The van der Waals surface area contributed by atoms with Crippen molar-refractivity contribution in [2.75, 3.05) is 39.0 Å². The van der Waals surface area contributed by atoms with E-state index >= 15 is 0 Å². The first-order valence-electron chi connectivity index (χ1n) is 7.73. The standard InChI is InChI=1S/C16H22ClN3O2/c1-22-15-7-14(18)13(17)6-12(15)16(21)20-4-2-10-8-19-9-11(10)3-5-20/h6-7,10-11,19H,2-5,8-9,18H2,1H3/t10-,11+. The fourth-order valence-electron chi connectivity index (χ4n) is 3.50. The van der Waals surface area contributed by atoms with Gasteiger partial charge in [-0.25, -0.2) is 0 Å². The molecule has 22 heavy (non-hydrogen) atoms. The Morgan fingerprint density at radius 1 is 1.32 bits per heavy atom. The first kappa shape index (κ1) is 15.4. The molecule has 2 heterocycles. The quantitative estimate of drug-likeness (QED) is 0.817. The Hall–Kier alpha value is -1.46. The van der Waals surface area contributed by atoms with Crippen LogP contribution in [-0.4, -0.2) is 44.1 Å². The van der Waals surface area contributed by atoms with Crippen LogP contribution in [0.25, 0.3) is 0 Å². The highest BCUT2D eigenvalue weighted by Crippen LogP contribution is 2.32. The highest BCUT2D eigenvalue weighted by molar-refractivity contribution is 6.33. The predicted octanol–water partition coefficient (Wildman–Crippen LogP) is 2.00. The number of fused-ring (bicyclic) bond motifs is 1. The summed E-state index contributed by atoms with van der Waals surface area (Å²) in [6, 6.07) is 3.23. The summed E-state index contributed by atoms with van der Waals surface area (Å²) in [5.41, 5.74) is 6.70. The van der Waals surface area contributed by atoms with Crippen molar-refractivity contribution in [2.24, 2.45) is 11.8 Å². The van der Waals surface area contributed by atoms with Crippen molar-refractivity contribution < 1.29 is 9.53 Å². The summed E-state index contributed by atoms with van der Waals surface area (Å²) in [4.78, 5) is 14.8. The largest absolute Gasteiger partial charge is 0.496 e. The number of carbonyl (C=O) groups excluding carboxylic acids is 1. The lowest BCUT2D eigenvalue weighted by molar-refractivity contribution is 0.0755. The number of ether oxygens (including phenoxy) is 1. The summed E-state index contributed by atoms with van der Waals surface area (Å²) in [5, 5.41) is 3.83. The Morgan fingerprint density at radius 3 is 2.55 bits per heavy atom. The number of carbonyl (C=O) groups is 1. The molecule has 0 unspecified atom stereocenters. The molecule has 2 aliphatic rings. The lowest BCUT2D eigenvalue weighted by Gasteiger charge is -2.22. The summed E-state index contributed by atoms with van der Waals surface area (Å²) >= 11 is 6.08. The van der Waals surface area contributed by atoms with Gasteiger partial charge in [-0.1, -0.05) is 11.6 Å². The maximum absolute atomic E-state index is 12.8. The molecule has 2 atom stereocenters. The zero-order chi connectivity index (χ0) is 15.7. The van der Waals surface area contributed by atoms with Crippen molar-refractivity contribution in [3.63, 3.8) is 0 Å². The molecule has 1 aromatic carbocycles. The van der Waals surface area contributed by atoms with E-state index in [4.69, 9.17) is 22.1 Å². The van der Waals surface area contributed by atoms with E-state index in [0.717, 1.165) is 39.0 Å². The second-order valence-electron chi connectivity index (χ2n) is 6.12. The minimum Gasteiger partial charge on any atom is -0.496 e. The van der Waals surface area contributed by atoms with Gasteiger partial charge in [0.25, 0.3) is 5.91 Å². The van der Waals surface area contributed by atoms with Gasteiger partial charge in [0, 0.05) is 19.2 Å². The van der Waals surface area contributed by atoms with E-state index < -0.39 is 0 Å². The SMILES string of the molecule is COc1cc(N)c(Cl)cc1C(=O)N1CC[C@@H]2CNC[C@@H]2CC1. The number of benzene rings is 1. The molecule has 0 spiro atoms. The van der Waals surface area contributed by atoms with Crippen molar-refractivity contribution >= 4 is 23.2 Å². The monoisotopic (exact) mass is 323 g/mol. The Labute approximate surface area is 135 Å². The van der Waals surface area contributed by atoms with Crippen molar-refractivity contribution in [1.82, 2.24) is 10.2 Å². The smallest absolute Gasteiger partial charge is 0.257 e. The average molecular weight is 324 g/mol. The van der Waals surface area contributed by atoms with Crippen LogP contribution in [0.5, 0.6) is 5.75 Å². The molecule has 1 amide bonds. The van der Waals surface area contributed by atoms with Gasteiger partial charge in [0.05, 0.1) is 23.4 Å². The van der Waals surface area contributed by atoms with E-state index in [0.29, 0.717) is 33.9 Å². The summed E-state index contributed by atoms with van der Waals surface area (Å²) in [6.07, 6.45) is 2.10. The first-order chi connectivity index (χ1) is 10.6. The number of rotatable bonds is 2. The van der Waals surface area contributed by atoms with Crippen LogP contribution in [0.3, 0.4) is 0 Å². The molecule has 0 aromatic heterocycles. The van der Waals surface area contributed by atoms with Crippen molar-refractivity contribution in [3.05, 3.63) is 22.7 Å². The summed E-state index contributed by atoms with van der Waals surface area (Å²) in [5.74, 6) is 1.84. The van der Waals surface area contributed by atoms with Crippen LogP contribution >= 0.6 is 11.6 Å². The number of anilines is 1. The van der Waals surface area contributed by atoms with Gasteiger partial charge < -0.3 is 20.7 Å². The van der Waals surface area contributed by atoms with E-state index in [1.807, 2.05) is 4.90 Å². The molecule has 6 heteroatoms. The molecule has 2 aliphatic heterocycles. The first-order valence-corrected chi connectivity index (χ1v) is 8.11. The number of methoxy groups -OCH3 is 1.